The molecule has 26 heavy (non-hydrogen) atoms. The van der Waals surface area contributed by atoms with E-state index in [4.69, 9.17) is 0 Å². The van der Waals surface area contributed by atoms with Gasteiger partial charge in [-0.1, -0.05) is 0 Å². The third-order valence-corrected chi connectivity index (χ3v) is 4.44. The highest BCUT2D eigenvalue weighted by atomic mass is 19.4. The Kier molecular flexibility index (Phi) is 3.60. The smallest absolute Gasteiger partial charge is 0.332 e. The zero-order valence-corrected chi connectivity index (χ0v) is 13.4. The van der Waals surface area contributed by atoms with Crippen molar-refractivity contribution in [2.24, 2.45) is 0 Å². The summed E-state index contributed by atoms with van der Waals surface area (Å²) in [5, 5.41) is 2.78. The molecule has 0 saturated carbocycles. The molecular formula is C17H13F3N4O2. The molecule has 1 aliphatic rings. The molecule has 6 nitrogen and oxygen atoms in total. The number of aromatic amines is 1. The second kappa shape index (κ2) is 5.72. The third-order valence-electron chi connectivity index (χ3n) is 4.44. The summed E-state index contributed by atoms with van der Waals surface area (Å²) in [6.07, 6.45) is -2.50. The average molecular weight is 362 g/mol. The maximum atomic E-state index is 12.6. The van der Waals surface area contributed by atoms with Gasteiger partial charge in [-0.3, -0.25) is 14.7 Å². The minimum absolute atomic E-state index is 0.145. The van der Waals surface area contributed by atoms with Gasteiger partial charge >= 0.3 is 6.18 Å². The van der Waals surface area contributed by atoms with Crippen molar-refractivity contribution in [3.05, 3.63) is 69.3 Å². The number of alkyl halides is 3. The van der Waals surface area contributed by atoms with Gasteiger partial charge in [-0.25, -0.2) is 9.50 Å². The first kappa shape index (κ1) is 16.4. The van der Waals surface area contributed by atoms with Crippen molar-refractivity contribution in [1.29, 1.82) is 0 Å². The van der Waals surface area contributed by atoms with E-state index in [-0.39, 0.29) is 23.6 Å². The van der Waals surface area contributed by atoms with E-state index in [9.17, 15) is 22.8 Å². The minimum atomic E-state index is -4.44. The SMILES string of the molecule is O=C(c1ccc(C(F)(F)F)cc1)N1CCc2c(nc3cc[nH]n3c2=O)C1. The Labute approximate surface area is 144 Å². The van der Waals surface area contributed by atoms with Gasteiger partial charge in [0.2, 0.25) is 0 Å². The molecule has 4 rings (SSSR count). The normalized spacial score (nSPS) is 14.5. The maximum absolute atomic E-state index is 12.6. The number of carbonyl (C=O) groups is 1. The first-order valence-corrected chi connectivity index (χ1v) is 7.89. The molecule has 0 spiro atoms. The Bertz CT molecular complexity index is 1050. The molecule has 0 atom stereocenters. The predicted octanol–water partition coefficient (Wildman–Crippen LogP) is 2.24. The van der Waals surface area contributed by atoms with Crippen LogP contribution < -0.4 is 5.56 Å². The number of H-pyrrole nitrogens is 1. The summed E-state index contributed by atoms with van der Waals surface area (Å²) < 4.78 is 39.3. The average Bonchev–Trinajstić information content (AvgIpc) is 3.09. The number of hydrogen-bond donors (Lipinski definition) is 1. The Balaban J connectivity index is 1.61. The highest BCUT2D eigenvalue weighted by Gasteiger charge is 2.31. The van der Waals surface area contributed by atoms with Gasteiger partial charge in [0, 0.05) is 29.9 Å². The summed E-state index contributed by atoms with van der Waals surface area (Å²) in [7, 11) is 0. The number of nitrogens with one attached hydrogen (secondary N) is 1. The van der Waals surface area contributed by atoms with Crippen LogP contribution in [0.2, 0.25) is 0 Å². The van der Waals surface area contributed by atoms with Crippen LogP contribution in [0.5, 0.6) is 0 Å². The second-order valence-electron chi connectivity index (χ2n) is 6.05. The number of halogens is 3. The largest absolute Gasteiger partial charge is 0.416 e. The fourth-order valence-corrected chi connectivity index (χ4v) is 3.09. The Morgan fingerprint density at radius 1 is 1.15 bits per heavy atom. The van der Waals surface area contributed by atoms with Crippen LogP contribution in [-0.4, -0.2) is 31.9 Å². The molecule has 1 aromatic carbocycles. The van der Waals surface area contributed by atoms with Crippen LogP contribution in [-0.2, 0) is 19.1 Å². The van der Waals surface area contributed by atoms with Crippen LogP contribution >= 0.6 is 0 Å². The molecule has 0 bridgehead atoms. The molecule has 2 aromatic heterocycles. The summed E-state index contributed by atoms with van der Waals surface area (Å²) in [6, 6.07) is 5.76. The van der Waals surface area contributed by atoms with Gasteiger partial charge < -0.3 is 4.90 Å². The van der Waals surface area contributed by atoms with E-state index < -0.39 is 11.7 Å². The van der Waals surface area contributed by atoms with Crippen LogP contribution in [0.25, 0.3) is 5.65 Å². The highest BCUT2D eigenvalue weighted by molar-refractivity contribution is 5.94. The molecule has 3 heterocycles. The molecule has 0 radical (unpaired) electrons. The molecule has 0 unspecified atom stereocenters. The standard InChI is InChI=1S/C17H13F3N4O2/c18-17(19,20)11-3-1-10(2-4-11)15(25)23-8-6-12-13(9-23)22-14-5-7-21-24(14)16(12)26/h1-5,7,21H,6,8-9H2. The Morgan fingerprint density at radius 3 is 2.58 bits per heavy atom. The summed E-state index contributed by atoms with van der Waals surface area (Å²) in [4.78, 5) is 30.9. The number of benzene rings is 1. The quantitative estimate of drug-likeness (QED) is 0.722. The minimum Gasteiger partial charge on any atom is -0.332 e. The topological polar surface area (TPSA) is 70.5 Å². The van der Waals surface area contributed by atoms with Crippen molar-refractivity contribution in [1.82, 2.24) is 19.5 Å². The summed E-state index contributed by atoms with van der Waals surface area (Å²) >= 11 is 0. The number of aromatic nitrogens is 3. The van der Waals surface area contributed by atoms with Crippen molar-refractivity contribution in [2.75, 3.05) is 6.54 Å². The lowest BCUT2D eigenvalue weighted by Gasteiger charge is -2.27. The molecule has 9 heteroatoms. The monoisotopic (exact) mass is 362 g/mol. The van der Waals surface area contributed by atoms with Gasteiger partial charge in [-0.05, 0) is 30.7 Å². The zero-order chi connectivity index (χ0) is 18.5. The lowest BCUT2D eigenvalue weighted by atomic mass is 10.0. The molecule has 1 N–H and O–H groups in total. The van der Waals surface area contributed by atoms with Crippen molar-refractivity contribution < 1.29 is 18.0 Å². The van der Waals surface area contributed by atoms with Crippen LogP contribution in [0.15, 0.2) is 41.3 Å². The lowest BCUT2D eigenvalue weighted by molar-refractivity contribution is -0.137. The third kappa shape index (κ3) is 2.65. The van der Waals surface area contributed by atoms with Crippen LogP contribution in [0.1, 0.15) is 27.2 Å². The highest BCUT2D eigenvalue weighted by Crippen LogP contribution is 2.29. The van der Waals surface area contributed by atoms with E-state index in [0.717, 1.165) is 12.1 Å². The Morgan fingerprint density at radius 2 is 1.88 bits per heavy atom. The molecule has 134 valence electrons. The van der Waals surface area contributed by atoms with Gasteiger partial charge in [-0.2, -0.15) is 13.2 Å². The fourth-order valence-electron chi connectivity index (χ4n) is 3.09. The van der Waals surface area contributed by atoms with Gasteiger partial charge in [0.25, 0.3) is 11.5 Å². The number of fused-ring (bicyclic) bond motifs is 2. The first-order chi connectivity index (χ1) is 12.3. The molecule has 1 aliphatic heterocycles. The van der Waals surface area contributed by atoms with Gasteiger partial charge in [0.15, 0.2) is 5.65 Å². The summed E-state index contributed by atoms with van der Waals surface area (Å²) in [5.74, 6) is -0.388. The van der Waals surface area contributed by atoms with E-state index in [1.54, 1.807) is 12.3 Å². The lowest BCUT2D eigenvalue weighted by Crippen LogP contribution is -2.39. The summed E-state index contributed by atoms with van der Waals surface area (Å²) in [5.41, 5.74) is 0.681. The van der Waals surface area contributed by atoms with Gasteiger partial charge in [0.05, 0.1) is 17.8 Å². The number of hydrogen-bond acceptors (Lipinski definition) is 3. The van der Waals surface area contributed by atoms with E-state index in [1.165, 1.54) is 21.5 Å². The zero-order valence-electron chi connectivity index (χ0n) is 13.4. The number of carbonyl (C=O) groups excluding carboxylic acids is 1. The van der Waals surface area contributed by atoms with E-state index >= 15 is 0 Å². The predicted molar refractivity (Wildman–Crippen MR) is 85.7 cm³/mol. The van der Waals surface area contributed by atoms with Gasteiger partial charge in [0.1, 0.15) is 0 Å². The molecule has 0 saturated heterocycles. The Hall–Kier alpha value is -3.10. The number of amides is 1. The van der Waals surface area contributed by atoms with Crippen molar-refractivity contribution in [3.63, 3.8) is 0 Å². The van der Waals surface area contributed by atoms with E-state index in [1.807, 2.05) is 0 Å². The molecule has 0 aliphatic carbocycles. The molecular weight excluding hydrogens is 349 g/mol. The molecule has 0 fully saturated rings. The fraction of sp³-hybridized carbons (Fsp3) is 0.235. The van der Waals surface area contributed by atoms with Crippen LogP contribution in [0, 0.1) is 0 Å². The first-order valence-electron chi connectivity index (χ1n) is 7.89. The second-order valence-corrected chi connectivity index (χ2v) is 6.05. The molecule has 3 aromatic rings. The van der Waals surface area contributed by atoms with Crippen molar-refractivity contribution in [3.8, 4) is 0 Å². The molecule has 1 amide bonds. The van der Waals surface area contributed by atoms with E-state index in [0.29, 0.717) is 29.9 Å². The number of rotatable bonds is 1. The van der Waals surface area contributed by atoms with Crippen LogP contribution in [0.4, 0.5) is 13.2 Å². The van der Waals surface area contributed by atoms with Gasteiger partial charge in [-0.15, -0.1) is 0 Å². The van der Waals surface area contributed by atoms with Crippen molar-refractivity contribution in [2.45, 2.75) is 19.1 Å². The van der Waals surface area contributed by atoms with Crippen molar-refractivity contribution >= 4 is 11.6 Å². The maximum Gasteiger partial charge on any atom is 0.416 e. The number of nitrogens with zero attached hydrogens (tertiary/aromatic N) is 3. The van der Waals surface area contributed by atoms with Crippen LogP contribution in [0.3, 0.4) is 0 Å². The summed E-state index contributed by atoms with van der Waals surface area (Å²) in [6.45, 7) is 0.447. The van der Waals surface area contributed by atoms with E-state index in [2.05, 4.69) is 10.1 Å².